The van der Waals surface area contributed by atoms with E-state index in [1.807, 2.05) is 12.1 Å². The number of fused-ring (bicyclic) bond motifs is 1. The standard InChI is InChI=1S/C18H19ClN2/c1-12-5-3-4-6-16(12)13(2)20-10-14-11-21-18-9-15(19)7-8-17(14)18/h3-9,11,13,20-21H,10H2,1-2H3/t13-/m1/s1. The van der Waals surface area contributed by atoms with Gasteiger partial charge in [0.25, 0.3) is 0 Å². The molecule has 21 heavy (non-hydrogen) atoms. The van der Waals surface area contributed by atoms with Crippen LogP contribution < -0.4 is 5.32 Å². The smallest absolute Gasteiger partial charge is 0.0472 e. The van der Waals surface area contributed by atoms with Gasteiger partial charge in [-0.1, -0.05) is 41.9 Å². The lowest BCUT2D eigenvalue weighted by atomic mass is 10.0. The minimum Gasteiger partial charge on any atom is -0.361 e. The van der Waals surface area contributed by atoms with Crippen molar-refractivity contribution in [3.63, 3.8) is 0 Å². The highest BCUT2D eigenvalue weighted by Gasteiger charge is 2.09. The Bertz CT molecular complexity index is 761. The molecule has 0 aliphatic rings. The summed E-state index contributed by atoms with van der Waals surface area (Å²) in [6, 6.07) is 14.8. The zero-order chi connectivity index (χ0) is 14.8. The number of aromatic nitrogens is 1. The topological polar surface area (TPSA) is 27.8 Å². The third-order valence-electron chi connectivity index (χ3n) is 3.98. The van der Waals surface area contributed by atoms with E-state index in [1.165, 1.54) is 22.1 Å². The average molecular weight is 299 g/mol. The fourth-order valence-corrected chi connectivity index (χ4v) is 2.92. The van der Waals surface area contributed by atoms with E-state index in [1.54, 1.807) is 0 Å². The molecular weight excluding hydrogens is 280 g/mol. The summed E-state index contributed by atoms with van der Waals surface area (Å²) in [6.07, 6.45) is 2.05. The SMILES string of the molecule is Cc1ccccc1[C@@H](C)NCc1c[nH]c2cc(Cl)ccc12. The first-order valence-electron chi connectivity index (χ1n) is 7.19. The third-order valence-corrected chi connectivity index (χ3v) is 4.22. The van der Waals surface area contributed by atoms with E-state index in [0.717, 1.165) is 17.1 Å². The Labute approximate surface area is 130 Å². The minimum atomic E-state index is 0.323. The van der Waals surface area contributed by atoms with Gasteiger partial charge in [-0.25, -0.2) is 0 Å². The molecule has 1 atom stereocenters. The first kappa shape index (κ1) is 14.2. The van der Waals surface area contributed by atoms with Crippen LogP contribution in [0.15, 0.2) is 48.7 Å². The maximum Gasteiger partial charge on any atom is 0.0472 e. The Hall–Kier alpha value is -1.77. The molecule has 3 rings (SSSR count). The van der Waals surface area contributed by atoms with Gasteiger partial charge < -0.3 is 10.3 Å². The summed E-state index contributed by atoms with van der Waals surface area (Å²) < 4.78 is 0. The molecule has 2 aromatic carbocycles. The van der Waals surface area contributed by atoms with Crippen LogP contribution >= 0.6 is 11.6 Å². The first-order valence-corrected chi connectivity index (χ1v) is 7.57. The number of aryl methyl sites for hydroxylation is 1. The van der Waals surface area contributed by atoms with Crippen LogP contribution in [0.2, 0.25) is 5.02 Å². The van der Waals surface area contributed by atoms with Crippen molar-refractivity contribution in [3.8, 4) is 0 Å². The van der Waals surface area contributed by atoms with Crippen LogP contribution in [0.25, 0.3) is 10.9 Å². The molecule has 0 saturated carbocycles. The maximum atomic E-state index is 6.02. The van der Waals surface area contributed by atoms with Gasteiger partial charge in [-0.05, 0) is 42.7 Å². The predicted molar refractivity (Wildman–Crippen MR) is 89.7 cm³/mol. The van der Waals surface area contributed by atoms with Gasteiger partial charge in [-0.2, -0.15) is 0 Å². The van der Waals surface area contributed by atoms with Crippen molar-refractivity contribution in [3.05, 3.63) is 70.4 Å². The maximum absolute atomic E-state index is 6.02. The summed E-state index contributed by atoms with van der Waals surface area (Å²) in [5.74, 6) is 0. The molecule has 0 radical (unpaired) electrons. The second-order valence-corrected chi connectivity index (χ2v) is 5.90. The fraction of sp³-hybridized carbons (Fsp3) is 0.222. The van der Waals surface area contributed by atoms with Crippen LogP contribution in [0.5, 0.6) is 0 Å². The number of hydrogen-bond acceptors (Lipinski definition) is 1. The lowest BCUT2D eigenvalue weighted by Crippen LogP contribution is -2.18. The number of H-pyrrole nitrogens is 1. The summed E-state index contributed by atoms with van der Waals surface area (Å²) in [5, 5.41) is 5.58. The van der Waals surface area contributed by atoms with Crippen molar-refractivity contribution >= 4 is 22.5 Å². The minimum absolute atomic E-state index is 0.323. The number of nitrogens with one attached hydrogen (secondary N) is 2. The van der Waals surface area contributed by atoms with E-state index in [0.29, 0.717) is 6.04 Å². The Morgan fingerprint density at radius 3 is 2.81 bits per heavy atom. The molecule has 3 heteroatoms. The highest BCUT2D eigenvalue weighted by Crippen LogP contribution is 2.23. The number of aromatic amines is 1. The Morgan fingerprint density at radius 2 is 2.00 bits per heavy atom. The van der Waals surface area contributed by atoms with Gasteiger partial charge in [0.15, 0.2) is 0 Å². The lowest BCUT2D eigenvalue weighted by Gasteiger charge is -2.16. The summed E-state index contributed by atoms with van der Waals surface area (Å²) >= 11 is 6.02. The molecule has 2 nitrogen and oxygen atoms in total. The number of halogens is 1. The molecule has 0 aliphatic carbocycles. The monoisotopic (exact) mass is 298 g/mol. The molecule has 2 N–H and O–H groups in total. The third kappa shape index (κ3) is 2.97. The van der Waals surface area contributed by atoms with Gasteiger partial charge in [-0.15, -0.1) is 0 Å². The molecule has 1 heterocycles. The van der Waals surface area contributed by atoms with Gasteiger partial charge in [-0.3, -0.25) is 0 Å². The quantitative estimate of drug-likeness (QED) is 0.698. The molecule has 0 bridgehead atoms. The largest absolute Gasteiger partial charge is 0.361 e. The molecule has 108 valence electrons. The molecule has 0 amide bonds. The van der Waals surface area contributed by atoms with Crippen molar-refractivity contribution in [2.24, 2.45) is 0 Å². The van der Waals surface area contributed by atoms with E-state index in [4.69, 9.17) is 11.6 Å². The number of rotatable bonds is 4. The molecule has 0 saturated heterocycles. The van der Waals surface area contributed by atoms with E-state index in [2.05, 4.69) is 60.7 Å². The van der Waals surface area contributed by atoms with E-state index in [-0.39, 0.29) is 0 Å². The Morgan fingerprint density at radius 1 is 1.19 bits per heavy atom. The van der Waals surface area contributed by atoms with Crippen molar-refractivity contribution < 1.29 is 0 Å². The van der Waals surface area contributed by atoms with Crippen molar-refractivity contribution in [2.45, 2.75) is 26.4 Å². The second-order valence-electron chi connectivity index (χ2n) is 5.46. The van der Waals surface area contributed by atoms with Crippen LogP contribution in [-0.2, 0) is 6.54 Å². The van der Waals surface area contributed by atoms with Crippen LogP contribution in [0.1, 0.15) is 29.7 Å². The highest BCUT2D eigenvalue weighted by molar-refractivity contribution is 6.31. The summed E-state index contributed by atoms with van der Waals surface area (Å²) in [6.45, 7) is 5.19. The number of benzene rings is 2. The zero-order valence-electron chi connectivity index (χ0n) is 12.3. The van der Waals surface area contributed by atoms with E-state index < -0.39 is 0 Å². The van der Waals surface area contributed by atoms with Crippen molar-refractivity contribution in [2.75, 3.05) is 0 Å². The summed E-state index contributed by atoms with van der Waals surface area (Å²) in [5.41, 5.74) is 5.02. The molecule has 0 unspecified atom stereocenters. The summed E-state index contributed by atoms with van der Waals surface area (Å²) in [4.78, 5) is 3.28. The molecule has 3 aromatic rings. The number of hydrogen-bond donors (Lipinski definition) is 2. The Balaban J connectivity index is 1.76. The average Bonchev–Trinajstić information content (AvgIpc) is 2.87. The van der Waals surface area contributed by atoms with Crippen molar-refractivity contribution in [1.29, 1.82) is 0 Å². The van der Waals surface area contributed by atoms with Crippen LogP contribution in [0.3, 0.4) is 0 Å². The van der Waals surface area contributed by atoms with Gasteiger partial charge in [0, 0.05) is 34.7 Å². The van der Waals surface area contributed by atoms with Gasteiger partial charge in [0.2, 0.25) is 0 Å². The summed E-state index contributed by atoms with van der Waals surface area (Å²) in [7, 11) is 0. The Kier molecular flexibility index (Phi) is 4.00. The van der Waals surface area contributed by atoms with Gasteiger partial charge in [0.1, 0.15) is 0 Å². The second kappa shape index (κ2) is 5.92. The highest BCUT2D eigenvalue weighted by atomic mass is 35.5. The first-order chi connectivity index (χ1) is 10.1. The van der Waals surface area contributed by atoms with Crippen LogP contribution in [0.4, 0.5) is 0 Å². The van der Waals surface area contributed by atoms with Crippen molar-refractivity contribution in [1.82, 2.24) is 10.3 Å². The fourth-order valence-electron chi connectivity index (χ4n) is 2.75. The molecule has 0 aliphatic heterocycles. The molecule has 0 fully saturated rings. The van der Waals surface area contributed by atoms with E-state index in [9.17, 15) is 0 Å². The lowest BCUT2D eigenvalue weighted by molar-refractivity contribution is 0.574. The predicted octanol–water partition coefficient (Wildman–Crippen LogP) is 4.98. The van der Waals surface area contributed by atoms with Crippen LogP contribution in [-0.4, -0.2) is 4.98 Å². The molecule has 0 spiro atoms. The zero-order valence-corrected chi connectivity index (χ0v) is 13.0. The van der Waals surface area contributed by atoms with E-state index >= 15 is 0 Å². The van der Waals surface area contributed by atoms with Gasteiger partial charge in [0.05, 0.1) is 0 Å². The molecule has 1 aromatic heterocycles. The normalized spacial score (nSPS) is 12.7. The van der Waals surface area contributed by atoms with Crippen LogP contribution in [0, 0.1) is 6.92 Å². The van der Waals surface area contributed by atoms with Gasteiger partial charge >= 0.3 is 0 Å². The molecular formula is C18H19ClN2.